The van der Waals surface area contributed by atoms with Gasteiger partial charge in [0.1, 0.15) is 5.60 Å². The largest absolute Gasteiger partial charge is 0.407 e. The van der Waals surface area contributed by atoms with Gasteiger partial charge in [0.2, 0.25) is 0 Å². The summed E-state index contributed by atoms with van der Waals surface area (Å²) in [6, 6.07) is 15.7. The summed E-state index contributed by atoms with van der Waals surface area (Å²) in [5.41, 5.74) is 1.09. The first-order valence-electron chi connectivity index (χ1n) is 8.97. The monoisotopic (exact) mass is 392 g/mol. The lowest BCUT2D eigenvalue weighted by Crippen LogP contribution is -2.36. The molecule has 0 fully saturated rings. The van der Waals surface area contributed by atoms with Crippen LogP contribution in [0.1, 0.15) is 32.0 Å². The third-order valence-electron chi connectivity index (χ3n) is 4.56. The quantitative estimate of drug-likeness (QED) is 0.556. The molecule has 2 aromatic rings. The van der Waals surface area contributed by atoms with Gasteiger partial charge in [0.25, 0.3) is 0 Å². The Balaban J connectivity index is 2.23. The highest BCUT2D eigenvalue weighted by Crippen LogP contribution is 2.51. The van der Waals surface area contributed by atoms with Crippen molar-refractivity contribution in [3.63, 3.8) is 0 Å². The van der Waals surface area contributed by atoms with Crippen LogP contribution in [-0.2, 0) is 24.0 Å². The fourth-order valence-electron chi connectivity index (χ4n) is 3.00. The van der Waals surface area contributed by atoms with Crippen molar-refractivity contribution in [3.05, 3.63) is 66.0 Å². The smallest absolute Gasteiger partial charge is 0.363 e. The van der Waals surface area contributed by atoms with Crippen molar-refractivity contribution in [2.24, 2.45) is 0 Å². The summed E-state index contributed by atoms with van der Waals surface area (Å²) < 4.78 is 31.1. The van der Waals surface area contributed by atoms with Crippen molar-refractivity contribution in [1.82, 2.24) is 9.65 Å². The van der Waals surface area contributed by atoms with Gasteiger partial charge >= 0.3 is 7.75 Å². The predicted octanol–water partition coefficient (Wildman–Crippen LogP) is 4.47. The molecule has 0 aliphatic rings. The van der Waals surface area contributed by atoms with Crippen molar-refractivity contribution >= 4 is 7.75 Å². The van der Waals surface area contributed by atoms with Crippen molar-refractivity contribution in [2.75, 3.05) is 27.4 Å². The zero-order valence-electron chi connectivity index (χ0n) is 16.7. The Kier molecular flexibility index (Phi) is 7.71. The zero-order valence-corrected chi connectivity index (χ0v) is 17.6. The molecule has 6 nitrogen and oxygen atoms in total. The summed E-state index contributed by atoms with van der Waals surface area (Å²) in [5, 5.41) is 0. The van der Waals surface area contributed by atoms with Crippen LogP contribution in [0.5, 0.6) is 0 Å². The highest BCUT2D eigenvalue weighted by Gasteiger charge is 2.35. The van der Waals surface area contributed by atoms with Gasteiger partial charge in [0.15, 0.2) is 0 Å². The van der Waals surface area contributed by atoms with E-state index >= 15 is 0 Å². The molecular weight excluding hydrogens is 363 g/mol. The van der Waals surface area contributed by atoms with Crippen LogP contribution in [0.15, 0.2) is 54.7 Å². The molecule has 7 heteroatoms. The van der Waals surface area contributed by atoms with Crippen LogP contribution in [-0.4, -0.2) is 43.1 Å². The van der Waals surface area contributed by atoms with Gasteiger partial charge in [-0.1, -0.05) is 36.4 Å². The maximum atomic E-state index is 12.8. The molecule has 2 rings (SSSR count). The highest BCUT2D eigenvalue weighted by atomic mass is 31.2. The van der Waals surface area contributed by atoms with Crippen LogP contribution in [0.2, 0.25) is 0 Å². The number of hydrogen-bond acceptors (Lipinski definition) is 5. The normalized spacial score (nSPS) is 14.5. The van der Waals surface area contributed by atoms with Gasteiger partial charge in [-0.2, -0.15) is 0 Å². The molecule has 148 valence electrons. The van der Waals surface area contributed by atoms with Gasteiger partial charge in [-0.15, -0.1) is 0 Å². The second-order valence-electron chi connectivity index (χ2n) is 6.55. The van der Waals surface area contributed by atoms with Crippen LogP contribution in [0.3, 0.4) is 0 Å². The van der Waals surface area contributed by atoms with E-state index in [1.165, 1.54) is 14.2 Å². The van der Waals surface area contributed by atoms with Crippen LogP contribution in [0.25, 0.3) is 0 Å². The summed E-state index contributed by atoms with van der Waals surface area (Å²) in [6.45, 7) is 6.61. The van der Waals surface area contributed by atoms with E-state index in [9.17, 15) is 4.57 Å². The van der Waals surface area contributed by atoms with Gasteiger partial charge in [0.05, 0.1) is 12.3 Å². The lowest BCUT2D eigenvalue weighted by atomic mass is 9.91. The van der Waals surface area contributed by atoms with Gasteiger partial charge < -0.3 is 4.74 Å². The lowest BCUT2D eigenvalue weighted by molar-refractivity contribution is -0.0150. The van der Waals surface area contributed by atoms with Crippen molar-refractivity contribution in [1.29, 1.82) is 0 Å². The van der Waals surface area contributed by atoms with E-state index < -0.39 is 13.3 Å². The Morgan fingerprint density at radius 2 is 1.70 bits per heavy atom. The second kappa shape index (κ2) is 9.58. The molecule has 1 aromatic heterocycles. The standard InChI is InChI=1S/C20H29N2O4P/c1-17(2)22(27(23,24-4)25-5)15-16-26-20(3,18-11-7-6-8-12-18)19-13-9-10-14-21-19/h6-14,17H,15-16H2,1-5H3. The van der Waals surface area contributed by atoms with E-state index in [1.807, 2.05) is 69.3 Å². The Morgan fingerprint density at radius 3 is 2.22 bits per heavy atom. The molecule has 0 saturated carbocycles. The summed E-state index contributed by atoms with van der Waals surface area (Å²) in [7, 11) is -0.553. The third kappa shape index (κ3) is 5.03. The fourth-order valence-corrected chi connectivity index (χ4v) is 4.46. The van der Waals surface area contributed by atoms with Crippen LogP contribution in [0.4, 0.5) is 0 Å². The van der Waals surface area contributed by atoms with Gasteiger partial charge in [-0.3, -0.25) is 14.0 Å². The Morgan fingerprint density at radius 1 is 1.07 bits per heavy atom. The van der Waals surface area contributed by atoms with Gasteiger partial charge in [-0.05, 0) is 38.5 Å². The minimum Gasteiger partial charge on any atom is -0.363 e. The maximum Gasteiger partial charge on any atom is 0.407 e. The number of hydrogen-bond donors (Lipinski definition) is 0. The average molecular weight is 392 g/mol. The highest BCUT2D eigenvalue weighted by molar-refractivity contribution is 7.51. The molecule has 0 aliphatic heterocycles. The number of pyridine rings is 1. The summed E-state index contributed by atoms with van der Waals surface area (Å²) >= 11 is 0. The van der Waals surface area contributed by atoms with Gasteiger partial charge in [-0.25, -0.2) is 9.24 Å². The Labute approximate surface area is 162 Å². The summed E-state index contributed by atoms with van der Waals surface area (Å²) in [6.07, 6.45) is 1.75. The molecule has 0 saturated heterocycles. The minimum absolute atomic E-state index is 0.0304. The van der Waals surface area contributed by atoms with Crippen LogP contribution >= 0.6 is 7.75 Å². The van der Waals surface area contributed by atoms with E-state index in [0.717, 1.165) is 11.3 Å². The van der Waals surface area contributed by atoms with Gasteiger partial charge in [0, 0.05) is 33.0 Å². The van der Waals surface area contributed by atoms with E-state index in [2.05, 4.69) is 4.98 Å². The zero-order chi connectivity index (χ0) is 19.9. The van der Waals surface area contributed by atoms with Crippen molar-refractivity contribution in [3.8, 4) is 0 Å². The number of benzene rings is 1. The van der Waals surface area contributed by atoms with Crippen molar-refractivity contribution in [2.45, 2.75) is 32.4 Å². The third-order valence-corrected chi connectivity index (χ3v) is 6.78. The predicted molar refractivity (Wildman–Crippen MR) is 107 cm³/mol. The number of ether oxygens (including phenoxy) is 1. The average Bonchev–Trinajstić information content (AvgIpc) is 2.71. The molecule has 0 bridgehead atoms. The Hall–Kier alpha value is -1.56. The summed E-state index contributed by atoms with van der Waals surface area (Å²) in [5.74, 6) is 0. The minimum atomic E-state index is -3.34. The molecular formula is C20H29N2O4P. The molecule has 0 aliphatic carbocycles. The number of nitrogens with zero attached hydrogens (tertiary/aromatic N) is 2. The number of aromatic nitrogens is 1. The molecule has 1 aromatic carbocycles. The fraction of sp³-hybridized carbons (Fsp3) is 0.450. The summed E-state index contributed by atoms with van der Waals surface area (Å²) in [4.78, 5) is 4.50. The lowest BCUT2D eigenvalue weighted by Gasteiger charge is -2.34. The molecule has 27 heavy (non-hydrogen) atoms. The number of rotatable bonds is 10. The first-order chi connectivity index (χ1) is 12.9. The Bertz CT molecular complexity index is 693. The first-order valence-corrected chi connectivity index (χ1v) is 10.5. The van der Waals surface area contributed by atoms with E-state index in [-0.39, 0.29) is 6.04 Å². The molecule has 1 heterocycles. The molecule has 0 N–H and O–H groups in total. The molecule has 0 amide bonds. The topological polar surface area (TPSA) is 60.9 Å². The maximum absolute atomic E-state index is 12.8. The van der Waals surface area contributed by atoms with Crippen molar-refractivity contribution < 1.29 is 18.3 Å². The first kappa shape index (κ1) is 21.7. The second-order valence-corrected chi connectivity index (χ2v) is 8.73. The van der Waals surface area contributed by atoms with E-state index in [4.69, 9.17) is 13.8 Å². The van der Waals surface area contributed by atoms with E-state index in [0.29, 0.717) is 13.2 Å². The molecule has 1 atom stereocenters. The van der Waals surface area contributed by atoms with E-state index in [1.54, 1.807) is 10.9 Å². The SMILES string of the molecule is COP(=O)(OC)N(CCOC(C)(c1ccccc1)c1ccccn1)C(C)C. The molecule has 1 unspecified atom stereocenters. The van der Waals surface area contributed by atoms with Crippen LogP contribution < -0.4 is 0 Å². The molecule has 0 spiro atoms. The molecule has 0 radical (unpaired) electrons. The van der Waals surface area contributed by atoms with Crippen LogP contribution in [0, 0.1) is 0 Å².